The third kappa shape index (κ3) is 4.29. The molecular weight excluding hydrogens is 353 g/mol. The Hall–Kier alpha value is -2.67. The summed E-state index contributed by atoms with van der Waals surface area (Å²) in [6, 6.07) is 15.9. The number of hydrogen-bond donors (Lipinski definition) is 0. The number of benzene rings is 2. The highest BCUT2D eigenvalue weighted by atomic mass is 32.2. The average Bonchev–Trinajstić information content (AvgIpc) is 3.10. The van der Waals surface area contributed by atoms with Gasteiger partial charge in [0.15, 0.2) is 0 Å². The van der Waals surface area contributed by atoms with E-state index in [1.165, 1.54) is 6.07 Å². The van der Waals surface area contributed by atoms with Crippen LogP contribution < -0.4 is 0 Å². The van der Waals surface area contributed by atoms with Crippen molar-refractivity contribution in [1.29, 1.82) is 0 Å². The minimum Gasteiger partial charge on any atom is -0.411 e. The van der Waals surface area contributed by atoms with E-state index in [0.717, 1.165) is 17.3 Å². The van der Waals surface area contributed by atoms with Gasteiger partial charge in [-0.05, 0) is 24.6 Å². The van der Waals surface area contributed by atoms with Crippen LogP contribution in [0.25, 0.3) is 11.5 Å². The molecule has 0 aliphatic heterocycles. The van der Waals surface area contributed by atoms with Crippen LogP contribution in [-0.2, 0) is 11.3 Å². The zero-order valence-corrected chi connectivity index (χ0v) is 15.2. The lowest BCUT2D eigenvalue weighted by Crippen LogP contribution is -2.32. The van der Waals surface area contributed by atoms with Crippen molar-refractivity contribution in [3.63, 3.8) is 0 Å². The second kappa shape index (κ2) is 8.14. The van der Waals surface area contributed by atoms with Crippen molar-refractivity contribution in [3.8, 4) is 11.5 Å². The standard InChI is InChI=1S/C19H18FN3O2S/c1-13(18(24)23(2)12-14-8-4-3-5-9-14)26-19-22-21-17(25-19)15-10-6-7-11-16(15)20/h3-11,13H,12H2,1-2H3/t13-/m1/s1. The molecule has 7 heteroatoms. The Morgan fingerprint density at radius 1 is 1.15 bits per heavy atom. The van der Waals surface area contributed by atoms with Crippen molar-refractivity contribution < 1.29 is 13.6 Å². The quantitative estimate of drug-likeness (QED) is 0.613. The summed E-state index contributed by atoms with van der Waals surface area (Å²) in [6.07, 6.45) is 0. The van der Waals surface area contributed by atoms with E-state index in [2.05, 4.69) is 10.2 Å². The maximum atomic E-state index is 13.8. The lowest BCUT2D eigenvalue weighted by Gasteiger charge is -2.20. The van der Waals surface area contributed by atoms with E-state index in [4.69, 9.17) is 4.42 Å². The third-order valence-electron chi connectivity index (χ3n) is 3.77. The summed E-state index contributed by atoms with van der Waals surface area (Å²) in [5.41, 5.74) is 1.30. The first-order chi connectivity index (χ1) is 12.5. The van der Waals surface area contributed by atoms with E-state index in [1.807, 2.05) is 30.3 Å². The molecular formula is C19H18FN3O2S. The number of rotatable bonds is 6. The normalized spacial score (nSPS) is 12.0. The van der Waals surface area contributed by atoms with Gasteiger partial charge >= 0.3 is 0 Å². The molecule has 0 saturated heterocycles. The predicted octanol–water partition coefficient (Wildman–Crippen LogP) is 4.01. The molecule has 0 bridgehead atoms. The lowest BCUT2D eigenvalue weighted by atomic mass is 10.2. The van der Waals surface area contributed by atoms with Crippen LogP contribution in [0, 0.1) is 5.82 Å². The van der Waals surface area contributed by atoms with Crippen LogP contribution in [0.1, 0.15) is 12.5 Å². The van der Waals surface area contributed by atoms with Crippen LogP contribution in [0.4, 0.5) is 4.39 Å². The Kier molecular flexibility index (Phi) is 5.68. The number of aromatic nitrogens is 2. The van der Waals surface area contributed by atoms with Gasteiger partial charge in [0.05, 0.1) is 10.8 Å². The van der Waals surface area contributed by atoms with Crippen LogP contribution in [-0.4, -0.2) is 33.3 Å². The van der Waals surface area contributed by atoms with Crippen LogP contribution >= 0.6 is 11.8 Å². The smallest absolute Gasteiger partial charge is 0.277 e. The maximum Gasteiger partial charge on any atom is 0.277 e. The second-order valence-electron chi connectivity index (χ2n) is 5.79. The number of amides is 1. The zero-order chi connectivity index (χ0) is 18.5. The van der Waals surface area contributed by atoms with E-state index < -0.39 is 11.1 Å². The summed E-state index contributed by atoms with van der Waals surface area (Å²) < 4.78 is 19.3. The van der Waals surface area contributed by atoms with Crippen LogP contribution in [0.15, 0.2) is 64.2 Å². The molecule has 0 aliphatic carbocycles. The highest BCUT2D eigenvalue weighted by Gasteiger charge is 2.22. The number of thioether (sulfide) groups is 1. The molecule has 0 radical (unpaired) electrons. The highest BCUT2D eigenvalue weighted by Crippen LogP contribution is 2.28. The second-order valence-corrected chi connectivity index (χ2v) is 7.08. The molecule has 1 heterocycles. The van der Waals surface area contributed by atoms with Crippen LogP contribution in [0.3, 0.4) is 0 Å². The van der Waals surface area contributed by atoms with Crippen LogP contribution in [0.2, 0.25) is 0 Å². The largest absolute Gasteiger partial charge is 0.411 e. The summed E-state index contributed by atoms with van der Waals surface area (Å²) in [6.45, 7) is 2.30. The molecule has 3 rings (SSSR count). The first kappa shape index (κ1) is 18.1. The Morgan fingerprint density at radius 2 is 1.85 bits per heavy atom. The number of nitrogens with zero attached hydrogens (tertiary/aromatic N) is 3. The van der Waals surface area contributed by atoms with E-state index in [-0.39, 0.29) is 22.6 Å². The lowest BCUT2D eigenvalue weighted by molar-refractivity contribution is -0.129. The monoisotopic (exact) mass is 371 g/mol. The molecule has 1 amide bonds. The number of hydrogen-bond acceptors (Lipinski definition) is 5. The van der Waals surface area contributed by atoms with Gasteiger partial charge < -0.3 is 9.32 Å². The summed E-state index contributed by atoms with van der Waals surface area (Å²) in [5.74, 6) is -0.383. The van der Waals surface area contributed by atoms with Gasteiger partial charge in [-0.1, -0.05) is 54.2 Å². The molecule has 3 aromatic rings. The minimum absolute atomic E-state index is 0.0514. The molecule has 5 nitrogen and oxygen atoms in total. The van der Waals surface area contributed by atoms with Gasteiger partial charge in [0.1, 0.15) is 5.82 Å². The summed E-state index contributed by atoms with van der Waals surface area (Å²) >= 11 is 1.16. The van der Waals surface area contributed by atoms with Crippen molar-refractivity contribution >= 4 is 17.7 Å². The molecule has 0 unspecified atom stereocenters. The first-order valence-corrected chi connectivity index (χ1v) is 8.96. The van der Waals surface area contributed by atoms with Gasteiger partial charge in [-0.2, -0.15) is 0 Å². The van der Waals surface area contributed by atoms with Crippen LogP contribution in [0.5, 0.6) is 0 Å². The maximum absolute atomic E-state index is 13.8. The fourth-order valence-corrected chi connectivity index (χ4v) is 3.25. The predicted molar refractivity (Wildman–Crippen MR) is 97.9 cm³/mol. The van der Waals surface area contributed by atoms with Crippen molar-refractivity contribution in [2.45, 2.75) is 23.9 Å². The van der Waals surface area contributed by atoms with Crippen molar-refractivity contribution in [2.75, 3.05) is 7.05 Å². The average molecular weight is 371 g/mol. The topological polar surface area (TPSA) is 59.2 Å². The Labute approximate surface area is 155 Å². The van der Waals surface area contributed by atoms with Gasteiger partial charge in [-0.15, -0.1) is 10.2 Å². The van der Waals surface area contributed by atoms with Crippen molar-refractivity contribution in [2.24, 2.45) is 0 Å². The molecule has 134 valence electrons. The molecule has 0 fully saturated rings. The zero-order valence-electron chi connectivity index (χ0n) is 14.4. The number of carbonyl (C=O) groups excluding carboxylic acids is 1. The molecule has 0 saturated carbocycles. The van der Waals surface area contributed by atoms with Gasteiger partial charge in [-0.3, -0.25) is 4.79 Å². The highest BCUT2D eigenvalue weighted by molar-refractivity contribution is 8.00. The fourth-order valence-electron chi connectivity index (χ4n) is 2.45. The minimum atomic E-state index is -0.431. The van der Waals surface area contributed by atoms with Gasteiger partial charge in [-0.25, -0.2) is 4.39 Å². The van der Waals surface area contributed by atoms with Gasteiger partial charge in [0, 0.05) is 13.6 Å². The number of carbonyl (C=O) groups is 1. The van der Waals surface area contributed by atoms with Gasteiger partial charge in [0.2, 0.25) is 5.91 Å². The SMILES string of the molecule is C[C@@H](Sc1nnc(-c2ccccc2F)o1)C(=O)N(C)Cc1ccccc1. The van der Waals surface area contributed by atoms with Crippen molar-refractivity contribution in [1.82, 2.24) is 15.1 Å². The molecule has 0 aliphatic rings. The molecule has 1 atom stereocenters. The fraction of sp³-hybridized carbons (Fsp3) is 0.211. The summed E-state index contributed by atoms with van der Waals surface area (Å²) in [7, 11) is 1.75. The van der Waals surface area contributed by atoms with Crippen molar-refractivity contribution in [3.05, 3.63) is 66.0 Å². The van der Waals surface area contributed by atoms with Gasteiger partial charge in [0.25, 0.3) is 11.1 Å². The Balaban J connectivity index is 1.63. The molecule has 0 spiro atoms. The molecule has 26 heavy (non-hydrogen) atoms. The van der Waals surface area contributed by atoms with E-state index >= 15 is 0 Å². The molecule has 2 aromatic carbocycles. The Bertz CT molecular complexity index is 885. The summed E-state index contributed by atoms with van der Waals surface area (Å²) in [5, 5.41) is 7.61. The molecule has 1 aromatic heterocycles. The summed E-state index contributed by atoms with van der Waals surface area (Å²) in [4.78, 5) is 14.2. The molecule has 0 N–H and O–H groups in total. The Morgan fingerprint density at radius 3 is 2.58 bits per heavy atom. The van der Waals surface area contributed by atoms with E-state index in [0.29, 0.717) is 6.54 Å². The first-order valence-electron chi connectivity index (χ1n) is 8.08. The van der Waals surface area contributed by atoms with E-state index in [9.17, 15) is 9.18 Å². The van der Waals surface area contributed by atoms with E-state index in [1.54, 1.807) is 37.1 Å². The number of halogens is 1. The third-order valence-corrected chi connectivity index (χ3v) is 4.70.